The lowest BCUT2D eigenvalue weighted by Crippen LogP contribution is -2.35. The number of phenolic OH excluding ortho intramolecular Hbond substituents is 1. The minimum Gasteiger partial charge on any atom is -0.508 e. The van der Waals surface area contributed by atoms with Crippen molar-refractivity contribution < 1.29 is 14.8 Å². The molecule has 124 valence electrons. The van der Waals surface area contributed by atoms with Crippen molar-refractivity contribution in [3.63, 3.8) is 0 Å². The molecular formula is C17H17N3O4. The van der Waals surface area contributed by atoms with Crippen LogP contribution in [0.1, 0.15) is 18.4 Å². The van der Waals surface area contributed by atoms with E-state index in [9.17, 15) is 20.0 Å². The Morgan fingerprint density at radius 1 is 1.17 bits per heavy atom. The van der Waals surface area contributed by atoms with Crippen LogP contribution in [0.5, 0.6) is 5.75 Å². The number of phenols is 1. The van der Waals surface area contributed by atoms with E-state index in [1.807, 2.05) is 0 Å². The lowest BCUT2D eigenvalue weighted by atomic mass is 10.1. The summed E-state index contributed by atoms with van der Waals surface area (Å²) in [6.45, 7) is 0.550. The molecule has 0 fully saturated rings. The predicted octanol–water partition coefficient (Wildman–Crippen LogP) is 3.68. The van der Waals surface area contributed by atoms with Crippen LogP contribution in [0.15, 0.2) is 42.5 Å². The van der Waals surface area contributed by atoms with E-state index in [0.717, 1.165) is 18.4 Å². The molecule has 0 saturated heterocycles. The van der Waals surface area contributed by atoms with Crippen molar-refractivity contribution >= 4 is 23.1 Å². The molecule has 0 aromatic heterocycles. The Hall–Kier alpha value is -3.09. The summed E-state index contributed by atoms with van der Waals surface area (Å²) >= 11 is 0. The van der Waals surface area contributed by atoms with Gasteiger partial charge in [-0.1, -0.05) is 0 Å². The molecule has 3 rings (SSSR count). The molecule has 1 aliphatic rings. The summed E-state index contributed by atoms with van der Waals surface area (Å²) in [5, 5.41) is 23.0. The number of benzene rings is 2. The Balaban J connectivity index is 1.86. The molecule has 2 aromatic rings. The first-order valence-electron chi connectivity index (χ1n) is 7.69. The van der Waals surface area contributed by atoms with E-state index in [1.165, 1.54) is 18.2 Å². The third kappa shape index (κ3) is 3.29. The van der Waals surface area contributed by atoms with Gasteiger partial charge in [-0.05, 0) is 55.2 Å². The van der Waals surface area contributed by atoms with Crippen LogP contribution in [0, 0.1) is 10.1 Å². The zero-order chi connectivity index (χ0) is 17.1. The van der Waals surface area contributed by atoms with E-state index in [2.05, 4.69) is 5.32 Å². The maximum Gasteiger partial charge on any atom is 0.326 e. The molecule has 0 atom stereocenters. The number of rotatable bonds is 2. The molecule has 0 bridgehead atoms. The Morgan fingerprint density at radius 3 is 2.62 bits per heavy atom. The van der Waals surface area contributed by atoms with Gasteiger partial charge in [0.15, 0.2) is 0 Å². The van der Waals surface area contributed by atoms with E-state index in [4.69, 9.17) is 0 Å². The van der Waals surface area contributed by atoms with Gasteiger partial charge in [0.2, 0.25) is 0 Å². The maximum absolute atomic E-state index is 12.6. The number of nitrogens with one attached hydrogen (secondary N) is 1. The highest BCUT2D eigenvalue weighted by molar-refractivity contribution is 6.02. The summed E-state index contributed by atoms with van der Waals surface area (Å²) in [7, 11) is 0. The molecule has 7 heteroatoms. The summed E-state index contributed by atoms with van der Waals surface area (Å²) in [5.41, 5.74) is 2.12. The first-order chi connectivity index (χ1) is 11.5. The van der Waals surface area contributed by atoms with Crippen LogP contribution >= 0.6 is 0 Å². The molecule has 24 heavy (non-hydrogen) atoms. The second kappa shape index (κ2) is 6.57. The van der Waals surface area contributed by atoms with E-state index >= 15 is 0 Å². The van der Waals surface area contributed by atoms with Gasteiger partial charge in [-0.3, -0.25) is 15.0 Å². The zero-order valence-electron chi connectivity index (χ0n) is 12.9. The van der Waals surface area contributed by atoms with Gasteiger partial charge in [0.1, 0.15) is 5.75 Å². The van der Waals surface area contributed by atoms with Gasteiger partial charge in [0.25, 0.3) is 5.69 Å². The number of nitro benzene ring substituents is 1. The zero-order valence-corrected chi connectivity index (χ0v) is 12.9. The maximum atomic E-state index is 12.6. The van der Waals surface area contributed by atoms with Gasteiger partial charge < -0.3 is 10.4 Å². The molecular weight excluding hydrogens is 310 g/mol. The van der Waals surface area contributed by atoms with Gasteiger partial charge in [0.05, 0.1) is 4.92 Å². The molecule has 2 aromatic carbocycles. The first-order valence-corrected chi connectivity index (χ1v) is 7.69. The molecule has 0 radical (unpaired) electrons. The fraction of sp³-hybridized carbons (Fsp3) is 0.235. The van der Waals surface area contributed by atoms with E-state index < -0.39 is 4.92 Å². The van der Waals surface area contributed by atoms with Crippen LogP contribution in [0.2, 0.25) is 0 Å². The van der Waals surface area contributed by atoms with Crippen LogP contribution in [0.25, 0.3) is 0 Å². The van der Waals surface area contributed by atoms with Crippen molar-refractivity contribution in [3.05, 3.63) is 58.1 Å². The molecule has 2 N–H and O–H groups in total. The summed E-state index contributed by atoms with van der Waals surface area (Å²) in [4.78, 5) is 24.7. The molecule has 2 amide bonds. The average molecular weight is 327 g/mol. The summed E-state index contributed by atoms with van der Waals surface area (Å²) in [6.07, 6.45) is 2.41. The quantitative estimate of drug-likeness (QED) is 0.499. The van der Waals surface area contributed by atoms with Gasteiger partial charge >= 0.3 is 6.03 Å². The van der Waals surface area contributed by atoms with Crippen LogP contribution in [-0.2, 0) is 6.42 Å². The van der Waals surface area contributed by atoms with Gasteiger partial charge in [0, 0.05) is 30.1 Å². The highest BCUT2D eigenvalue weighted by atomic mass is 16.6. The summed E-state index contributed by atoms with van der Waals surface area (Å²) < 4.78 is 0. The SMILES string of the molecule is O=C(Nc1ccc(O)cc1)N1CCCCc2cc([N+](=O)[O-])ccc21. The van der Waals surface area contributed by atoms with Gasteiger partial charge in [-0.2, -0.15) is 0 Å². The molecule has 1 aliphatic heterocycles. The highest BCUT2D eigenvalue weighted by Crippen LogP contribution is 2.30. The largest absolute Gasteiger partial charge is 0.508 e. The highest BCUT2D eigenvalue weighted by Gasteiger charge is 2.23. The molecule has 1 heterocycles. The van der Waals surface area contributed by atoms with Crippen molar-refractivity contribution in [1.82, 2.24) is 0 Å². The summed E-state index contributed by atoms with van der Waals surface area (Å²) in [5.74, 6) is 0.125. The first kappa shape index (κ1) is 15.8. The summed E-state index contributed by atoms with van der Waals surface area (Å²) in [6, 6.07) is 10.5. The number of carbonyl (C=O) groups is 1. The van der Waals surface area contributed by atoms with Crippen molar-refractivity contribution in [2.75, 3.05) is 16.8 Å². The molecule has 0 saturated carbocycles. The predicted molar refractivity (Wildman–Crippen MR) is 90.5 cm³/mol. The minimum atomic E-state index is -0.425. The molecule has 0 aliphatic carbocycles. The smallest absolute Gasteiger partial charge is 0.326 e. The number of fused-ring (bicyclic) bond motifs is 1. The number of urea groups is 1. The average Bonchev–Trinajstić information content (AvgIpc) is 2.78. The number of carbonyl (C=O) groups excluding carboxylic acids is 1. The third-order valence-electron chi connectivity index (χ3n) is 4.01. The Morgan fingerprint density at radius 2 is 1.92 bits per heavy atom. The van der Waals surface area contributed by atoms with Crippen LogP contribution in [0.3, 0.4) is 0 Å². The van der Waals surface area contributed by atoms with Crippen molar-refractivity contribution in [2.24, 2.45) is 0 Å². The Labute approximate surface area is 138 Å². The van der Waals surface area contributed by atoms with Gasteiger partial charge in [-0.25, -0.2) is 4.79 Å². The number of aromatic hydroxyl groups is 1. The second-order valence-corrected chi connectivity index (χ2v) is 5.66. The fourth-order valence-electron chi connectivity index (χ4n) is 2.80. The van der Waals surface area contributed by atoms with Crippen LogP contribution in [-0.4, -0.2) is 22.6 Å². The van der Waals surface area contributed by atoms with Crippen LogP contribution in [0.4, 0.5) is 21.9 Å². The third-order valence-corrected chi connectivity index (χ3v) is 4.01. The van der Waals surface area contributed by atoms with Crippen LogP contribution < -0.4 is 10.2 Å². The van der Waals surface area contributed by atoms with Gasteiger partial charge in [-0.15, -0.1) is 0 Å². The molecule has 0 spiro atoms. The normalized spacial score (nSPS) is 13.8. The molecule has 7 nitrogen and oxygen atoms in total. The topological polar surface area (TPSA) is 95.7 Å². The molecule has 0 unspecified atom stereocenters. The van der Waals surface area contributed by atoms with E-state index in [1.54, 1.807) is 29.2 Å². The van der Waals surface area contributed by atoms with Crippen molar-refractivity contribution in [3.8, 4) is 5.75 Å². The lowest BCUT2D eigenvalue weighted by molar-refractivity contribution is -0.384. The number of non-ortho nitro benzene ring substituents is 1. The lowest BCUT2D eigenvalue weighted by Gasteiger charge is -2.23. The monoisotopic (exact) mass is 327 g/mol. The fourth-order valence-corrected chi connectivity index (χ4v) is 2.80. The Bertz CT molecular complexity index is 774. The number of aryl methyl sites for hydroxylation is 1. The Kier molecular flexibility index (Phi) is 4.33. The number of nitro groups is 1. The number of nitrogens with zero attached hydrogens (tertiary/aromatic N) is 2. The standard InChI is InChI=1S/C17H17N3O4/c21-15-7-4-13(5-8-15)18-17(22)19-10-2-1-3-12-11-14(20(23)24)6-9-16(12)19/h4-9,11,21H,1-3,10H2,(H,18,22). The van der Waals surface area contributed by atoms with Crippen molar-refractivity contribution in [2.45, 2.75) is 19.3 Å². The number of hydrogen-bond donors (Lipinski definition) is 2. The van der Waals surface area contributed by atoms with E-state index in [-0.39, 0.29) is 17.5 Å². The number of amides is 2. The van der Waals surface area contributed by atoms with Crippen molar-refractivity contribution in [1.29, 1.82) is 0 Å². The second-order valence-electron chi connectivity index (χ2n) is 5.66. The number of hydrogen-bond acceptors (Lipinski definition) is 4. The van der Waals surface area contributed by atoms with E-state index in [0.29, 0.717) is 24.3 Å². The minimum absolute atomic E-state index is 0.0366. The number of anilines is 2.